The van der Waals surface area contributed by atoms with E-state index in [4.69, 9.17) is 10.8 Å². The van der Waals surface area contributed by atoms with Crippen LogP contribution in [0.3, 0.4) is 0 Å². The van der Waals surface area contributed by atoms with Crippen molar-refractivity contribution in [2.75, 3.05) is 36.9 Å². The third kappa shape index (κ3) is 4.57. The molecule has 7 heteroatoms. The van der Waals surface area contributed by atoms with Crippen LogP contribution in [0.2, 0.25) is 0 Å². The lowest BCUT2D eigenvalue weighted by Gasteiger charge is -2.11. The lowest BCUT2D eigenvalue weighted by molar-refractivity contribution is 0.0957. The Morgan fingerprint density at radius 2 is 2.00 bits per heavy atom. The minimum absolute atomic E-state index is 0.127. The summed E-state index contributed by atoms with van der Waals surface area (Å²) in [5.74, 6) is 0.206. The average Bonchev–Trinajstić information content (AvgIpc) is 3.11. The van der Waals surface area contributed by atoms with E-state index in [2.05, 4.69) is 15.2 Å². The van der Waals surface area contributed by atoms with Crippen molar-refractivity contribution in [3.8, 4) is 0 Å². The average molecular weight is 312 g/mol. The number of rotatable bonds is 8. The summed E-state index contributed by atoms with van der Waals surface area (Å²) in [6.45, 7) is 2.88. The van der Waals surface area contributed by atoms with Gasteiger partial charge in [0.05, 0.1) is 0 Å². The number of carbonyl (C=O) groups is 1. The number of hydrogen-bond donors (Lipinski definition) is 3. The summed E-state index contributed by atoms with van der Waals surface area (Å²) in [7, 11) is 0. The molecule has 0 atom stereocenters. The van der Waals surface area contributed by atoms with Crippen molar-refractivity contribution in [1.82, 2.24) is 10.3 Å². The van der Waals surface area contributed by atoms with Crippen LogP contribution in [0.4, 0.5) is 10.9 Å². The number of aromatic nitrogens is 1. The van der Waals surface area contributed by atoms with E-state index in [0.29, 0.717) is 17.2 Å². The Morgan fingerprint density at radius 3 is 2.71 bits per heavy atom. The van der Waals surface area contributed by atoms with Crippen LogP contribution in [0.1, 0.15) is 48.2 Å². The van der Waals surface area contributed by atoms with Crippen molar-refractivity contribution in [3.05, 3.63) is 4.88 Å². The highest BCUT2D eigenvalue weighted by molar-refractivity contribution is 7.18. The quantitative estimate of drug-likeness (QED) is 0.634. The van der Waals surface area contributed by atoms with E-state index in [1.807, 2.05) is 0 Å². The van der Waals surface area contributed by atoms with Gasteiger partial charge in [-0.3, -0.25) is 4.79 Å². The summed E-state index contributed by atoms with van der Waals surface area (Å²) in [6.07, 6.45) is 6.11. The molecule has 21 heavy (non-hydrogen) atoms. The van der Waals surface area contributed by atoms with Crippen LogP contribution < -0.4 is 16.0 Å². The van der Waals surface area contributed by atoms with E-state index in [-0.39, 0.29) is 12.5 Å². The lowest BCUT2D eigenvalue weighted by Crippen LogP contribution is -2.24. The molecule has 0 saturated carbocycles. The predicted octanol–water partition coefficient (Wildman–Crippen LogP) is 1.61. The number of aliphatic hydroxyl groups excluding tert-OH is 1. The molecule has 1 saturated heterocycles. The third-order valence-corrected chi connectivity index (χ3v) is 4.73. The highest BCUT2D eigenvalue weighted by Gasteiger charge is 2.21. The van der Waals surface area contributed by atoms with E-state index < -0.39 is 0 Å². The molecular weight excluding hydrogens is 288 g/mol. The molecule has 1 aromatic rings. The van der Waals surface area contributed by atoms with Gasteiger partial charge in [0.25, 0.3) is 5.91 Å². The van der Waals surface area contributed by atoms with E-state index in [1.165, 1.54) is 24.2 Å². The fourth-order valence-electron chi connectivity index (χ4n) is 2.40. The highest BCUT2D eigenvalue weighted by Crippen LogP contribution is 2.30. The first-order valence-corrected chi connectivity index (χ1v) is 8.44. The molecule has 0 spiro atoms. The number of carbonyl (C=O) groups excluding carboxylic acids is 1. The molecule has 1 fully saturated rings. The van der Waals surface area contributed by atoms with Gasteiger partial charge >= 0.3 is 0 Å². The summed E-state index contributed by atoms with van der Waals surface area (Å²) in [5, 5.41) is 12.4. The summed E-state index contributed by atoms with van der Waals surface area (Å²) < 4.78 is 0. The molecule has 0 unspecified atom stereocenters. The van der Waals surface area contributed by atoms with Gasteiger partial charge in [0.15, 0.2) is 5.13 Å². The molecule has 2 heterocycles. The maximum Gasteiger partial charge on any atom is 0.265 e. The van der Waals surface area contributed by atoms with Crippen LogP contribution in [-0.4, -0.2) is 42.2 Å². The van der Waals surface area contributed by atoms with Gasteiger partial charge in [-0.05, 0) is 25.7 Å². The van der Waals surface area contributed by atoms with Crippen LogP contribution >= 0.6 is 11.3 Å². The molecule has 0 aromatic carbocycles. The van der Waals surface area contributed by atoms with Crippen molar-refractivity contribution >= 4 is 28.2 Å². The Labute approximate surface area is 129 Å². The number of hydrogen-bond acceptors (Lipinski definition) is 6. The standard InChI is InChI=1S/C14H24N4O2S/c15-12-11(13(20)16-7-3-1-2-6-10-19)21-14(17-12)18-8-4-5-9-18/h19H,1-10,15H2,(H,16,20). The number of nitrogens with zero attached hydrogens (tertiary/aromatic N) is 2. The molecule has 2 rings (SSSR count). The molecule has 1 aromatic heterocycles. The minimum Gasteiger partial charge on any atom is -0.396 e. The number of anilines is 2. The Hall–Kier alpha value is -1.34. The number of unbranched alkanes of at least 4 members (excludes halogenated alkanes) is 3. The number of amides is 1. The van der Waals surface area contributed by atoms with Crippen molar-refractivity contribution in [3.63, 3.8) is 0 Å². The Kier molecular flexibility index (Phi) is 6.25. The van der Waals surface area contributed by atoms with Gasteiger partial charge in [0.2, 0.25) is 0 Å². The topological polar surface area (TPSA) is 91.5 Å². The van der Waals surface area contributed by atoms with Crippen LogP contribution in [0, 0.1) is 0 Å². The predicted molar refractivity (Wildman–Crippen MR) is 85.9 cm³/mol. The molecule has 0 aliphatic carbocycles. The van der Waals surface area contributed by atoms with Gasteiger partial charge in [0.1, 0.15) is 10.7 Å². The molecule has 0 bridgehead atoms. The largest absolute Gasteiger partial charge is 0.396 e. The third-order valence-electron chi connectivity index (χ3n) is 3.60. The van der Waals surface area contributed by atoms with Crippen molar-refractivity contribution in [1.29, 1.82) is 0 Å². The fraction of sp³-hybridized carbons (Fsp3) is 0.714. The van der Waals surface area contributed by atoms with Gasteiger partial charge in [0, 0.05) is 26.2 Å². The van der Waals surface area contributed by atoms with E-state index in [0.717, 1.165) is 43.9 Å². The van der Waals surface area contributed by atoms with Crippen LogP contribution in [0.5, 0.6) is 0 Å². The maximum atomic E-state index is 12.1. The van der Waals surface area contributed by atoms with Crippen molar-refractivity contribution in [2.45, 2.75) is 38.5 Å². The van der Waals surface area contributed by atoms with Gasteiger partial charge in [-0.25, -0.2) is 4.98 Å². The summed E-state index contributed by atoms with van der Waals surface area (Å²) in [4.78, 5) is 19.1. The zero-order chi connectivity index (χ0) is 15.1. The normalized spacial score (nSPS) is 14.6. The Bertz CT molecular complexity index is 458. The smallest absolute Gasteiger partial charge is 0.265 e. The number of thiazole rings is 1. The lowest BCUT2D eigenvalue weighted by atomic mass is 10.2. The molecule has 6 nitrogen and oxygen atoms in total. The Balaban J connectivity index is 1.79. The van der Waals surface area contributed by atoms with Crippen molar-refractivity contribution in [2.24, 2.45) is 0 Å². The molecule has 1 aliphatic heterocycles. The first-order valence-electron chi connectivity index (χ1n) is 7.62. The zero-order valence-electron chi connectivity index (χ0n) is 12.3. The van der Waals surface area contributed by atoms with Gasteiger partial charge < -0.3 is 21.1 Å². The van der Waals surface area contributed by atoms with Gasteiger partial charge in [-0.15, -0.1) is 0 Å². The first kappa shape index (κ1) is 16.0. The number of aliphatic hydroxyl groups is 1. The van der Waals surface area contributed by atoms with Crippen molar-refractivity contribution < 1.29 is 9.90 Å². The summed E-state index contributed by atoms with van der Waals surface area (Å²) in [5.41, 5.74) is 5.86. The number of nitrogens with one attached hydrogen (secondary N) is 1. The number of nitrogens with two attached hydrogens (primary N) is 1. The molecule has 0 radical (unpaired) electrons. The fourth-order valence-corrected chi connectivity index (χ4v) is 3.35. The van der Waals surface area contributed by atoms with Gasteiger partial charge in [-0.1, -0.05) is 24.2 Å². The van der Waals surface area contributed by atoms with E-state index >= 15 is 0 Å². The molecular formula is C14H24N4O2S. The van der Waals surface area contributed by atoms with Crippen LogP contribution in [0.25, 0.3) is 0 Å². The second-order valence-electron chi connectivity index (χ2n) is 5.30. The Morgan fingerprint density at radius 1 is 1.29 bits per heavy atom. The summed E-state index contributed by atoms with van der Waals surface area (Å²) in [6, 6.07) is 0. The molecule has 118 valence electrons. The summed E-state index contributed by atoms with van der Waals surface area (Å²) >= 11 is 1.38. The first-order chi connectivity index (χ1) is 10.2. The van der Waals surface area contributed by atoms with E-state index in [9.17, 15) is 4.79 Å². The molecule has 4 N–H and O–H groups in total. The molecule has 1 amide bonds. The van der Waals surface area contributed by atoms with Gasteiger partial charge in [-0.2, -0.15) is 0 Å². The zero-order valence-corrected chi connectivity index (χ0v) is 13.1. The minimum atomic E-state index is -0.127. The molecule has 1 aliphatic rings. The second kappa shape index (κ2) is 8.19. The van der Waals surface area contributed by atoms with Crippen LogP contribution in [-0.2, 0) is 0 Å². The van der Waals surface area contributed by atoms with Crippen LogP contribution in [0.15, 0.2) is 0 Å². The SMILES string of the molecule is Nc1nc(N2CCCC2)sc1C(=O)NCCCCCCO. The highest BCUT2D eigenvalue weighted by atomic mass is 32.1. The monoisotopic (exact) mass is 312 g/mol. The maximum absolute atomic E-state index is 12.1. The second-order valence-corrected chi connectivity index (χ2v) is 6.28. The number of nitrogen functional groups attached to an aromatic ring is 1. The van der Waals surface area contributed by atoms with E-state index in [1.54, 1.807) is 0 Å².